The molecule has 1 aromatic heterocycles. The average Bonchev–Trinajstić information content (AvgIpc) is 2.30. The lowest BCUT2D eigenvalue weighted by Gasteiger charge is -2.04. The summed E-state index contributed by atoms with van der Waals surface area (Å²) in [6.07, 6.45) is 6.72. The lowest BCUT2D eigenvalue weighted by atomic mass is 10.3. The Morgan fingerprint density at radius 3 is 2.73 bits per heavy atom. The van der Waals surface area contributed by atoms with Crippen molar-refractivity contribution in [1.29, 1.82) is 0 Å². The van der Waals surface area contributed by atoms with E-state index < -0.39 is 0 Å². The van der Waals surface area contributed by atoms with Crippen molar-refractivity contribution in [3.8, 4) is 0 Å². The van der Waals surface area contributed by atoms with Crippen molar-refractivity contribution >= 4 is 11.8 Å². The standard InChI is InChI=1S/C10H17N3OS/c1-14-5-3-4-11-6-9-7-12-10(15-2)13-8-9/h7-8,11H,3-6H2,1-2H3. The number of thioether (sulfide) groups is 1. The lowest BCUT2D eigenvalue weighted by molar-refractivity contribution is 0.194. The van der Waals surface area contributed by atoms with E-state index >= 15 is 0 Å². The topological polar surface area (TPSA) is 47.0 Å². The van der Waals surface area contributed by atoms with Crippen LogP contribution >= 0.6 is 11.8 Å². The second-order valence-electron chi connectivity index (χ2n) is 3.10. The van der Waals surface area contributed by atoms with Crippen molar-refractivity contribution in [1.82, 2.24) is 15.3 Å². The molecule has 0 aromatic carbocycles. The Bertz CT molecular complexity index is 266. The number of aromatic nitrogens is 2. The Hall–Kier alpha value is -0.650. The molecule has 1 N–H and O–H groups in total. The molecule has 0 amide bonds. The highest BCUT2D eigenvalue weighted by molar-refractivity contribution is 7.98. The molecule has 84 valence electrons. The highest BCUT2D eigenvalue weighted by Gasteiger charge is 1.95. The van der Waals surface area contributed by atoms with Gasteiger partial charge in [0.05, 0.1) is 0 Å². The molecule has 0 radical (unpaired) electrons. The van der Waals surface area contributed by atoms with Gasteiger partial charge in [-0.3, -0.25) is 0 Å². The van der Waals surface area contributed by atoms with Crippen LogP contribution in [0.2, 0.25) is 0 Å². The van der Waals surface area contributed by atoms with Crippen LogP contribution in [0.5, 0.6) is 0 Å². The monoisotopic (exact) mass is 227 g/mol. The summed E-state index contributed by atoms with van der Waals surface area (Å²) >= 11 is 1.55. The van der Waals surface area contributed by atoms with E-state index in [9.17, 15) is 0 Å². The molecule has 0 atom stereocenters. The summed E-state index contributed by atoms with van der Waals surface area (Å²) in [7, 11) is 1.72. The van der Waals surface area contributed by atoms with Gasteiger partial charge in [-0.1, -0.05) is 11.8 Å². The van der Waals surface area contributed by atoms with Crippen LogP contribution in [-0.2, 0) is 11.3 Å². The van der Waals surface area contributed by atoms with Crippen LogP contribution < -0.4 is 5.32 Å². The van der Waals surface area contributed by atoms with E-state index in [4.69, 9.17) is 4.74 Å². The molecule has 0 unspecified atom stereocenters. The molecule has 0 saturated carbocycles. The van der Waals surface area contributed by atoms with Gasteiger partial charge in [-0.05, 0) is 19.2 Å². The SMILES string of the molecule is COCCCNCc1cnc(SC)nc1. The van der Waals surface area contributed by atoms with Gasteiger partial charge in [-0.15, -0.1) is 0 Å². The highest BCUT2D eigenvalue weighted by atomic mass is 32.2. The zero-order valence-electron chi connectivity index (χ0n) is 9.19. The second kappa shape index (κ2) is 7.62. The molecule has 0 aliphatic carbocycles. The van der Waals surface area contributed by atoms with Crippen molar-refractivity contribution in [2.45, 2.75) is 18.1 Å². The maximum Gasteiger partial charge on any atom is 0.187 e. The fourth-order valence-electron chi connectivity index (χ4n) is 1.11. The molecule has 0 spiro atoms. The molecule has 1 rings (SSSR count). The number of hydrogen-bond donors (Lipinski definition) is 1. The smallest absolute Gasteiger partial charge is 0.187 e. The third-order valence-corrected chi connectivity index (χ3v) is 2.47. The minimum absolute atomic E-state index is 0.801. The maximum atomic E-state index is 4.96. The van der Waals surface area contributed by atoms with Gasteiger partial charge in [0.1, 0.15) is 0 Å². The van der Waals surface area contributed by atoms with Crippen molar-refractivity contribution in [2.24, 2.45) is 0 Å². The van der Waals surface area contributed by atoms with Crippen molar-refractivity contribution in [2.75, 3.05) is 26.5 Å². The normalized spacial score (nSPS) is 10.5. The van der Waals surface area contributed by atoms with Gasteiger partial charge < -0.3 is 10.1 Å². The number of methoxy groups -OCH3 is 1. The van der Waals surface area contributed by atoms with Crippen LogP contribution in [-0.4, -0.2) is 36.5 Å². The van der Waals surface area contributed by atoms with Gasteiger partial charge in [0, 0.05) is 38.2 Å². The summed E-state index contributed by atoms with van der Waals surface area (Å²) in [6.45, 7) is 2.57. The van der Waals surface area contributed by atoms with E-state index in [2.05, 4.69) is 15.3 Å². The molecular weight excluding hydrogens is 210 g/mol. The maximum absolute atomic E-state index is 4.96. The molecule has 4 nitrogen and oxygen atoms in total. The third-order valence-electron chi connectivity index (χ3n) is 1.90. The van der Waals surface area contributed by atoms with Gasteiger partial charge in [-0.25, -0.2) is 9.97 Å². The number of nitrogens with zero attached hydrogens (tertiary/aromatic N) is 2. The van der Waals surface area contributed by atoms with E-state index in [1.165, 1.54) is 0 Å². The van der Waals surface area contributed by atoms with Crippen LogP contribution in [0.25, 0.3) is 0 Å². The Morgan fingerprint density at radius 2 is 2.13 bits per heavy atom. The third kappa shape index (κ3) is 5.11. The molecule has 0 aliphatic heterocycles. The van der Waals surface area contributed by atoms with Crippen molar-refractivity contribution in [3.05, 3.63) is 18.0 Å². The second-order valence-corrected chi connectivity index (χ2v) is 3.87. The fourth-order valence-corrected chi connectivity index (χ4v) is 1.43. The first-order chi connectivity index (χ1) is 7.36. The van der Waals surface area contributed by atoms with E-state index in [1.54, 1.807) is 18.9 Å². The molecular formula is C10H17N3OS. The van der Waals surface area contributed by atoms with Crippen LogP contribution in [0.1, 0.15) is 12.0 Å². The predicted molar refractivity (Wildman–Crippen MR) is 62.0 cm³/mol. The van der Waals surface area contributed by atoms with Crippen LogP contribution in [0, 0.1) is 0 Å². The van der Waals surface area contributed by atoms with E-state index in [0.29, 0.717) is 0 Å². The zero-order chi connectivity index (χ0) is 10.9. The summed E-state index contributed by atoms with van der Waals surface area (Å²) < 4.78 is 4.96. The quantitative estimate of drug-likeness (QED) is 0.432. The average molecular weight is 227 g/mol. The Morgan fingerprint density at radius 1 is 1.40 bits per heavy atom. The minimum atomic E-state index is 0.801. The first kappa shape index (κ1) is 12.4. The van der Waals surface area contributed by atoms with Crippen LogP contribution in [0.15, 0.2) is 17.6 Å². The fraction of sp³-hybridized carbons (Fsp3) is 0.600. The number of hydrogen-bond acceptors (Lipinski definition) is 5. The number of nitrogens with one attached hydrogen (secondary N) is 1. The first-order valence-electron chi connectivity index (χ1n) is 4.91. The molecule has 15 heavy (non-hydrogen) atoms. The largest absolute Gasteiger partial charge is 0.385 e. The highest BCUT2D eigenvalue weighted by Crippen LogP contribution is 2.06. The minimum Gasteiger partial charge on any atom is -0.385 e. The Labute approximate surface area is 94.8 Å². The van der Waals surface area contributed by atoms with E-state index in [1.807, 2.05) is 18.6 Å². The van der Waals surface area contributed by atoms with E-state index in [0.717, 1.165) is 36.8 Å². The van der Waals surface area contributed by atoms with Crippen molar-refractivity contribution < 1.29 is 4.74 Å². The summed E-state index contributed by atoms with van der Waals surface area (Å²) in [5.41, 5.74) is 1.12. The zero-order valence-corrected chi connectivity index (χ0v) is 10.0. The molecule has 1 aromatic rings. The van der Waals surface area contributed by atoms with E-state index in [-0.39, 0.29) is 0 Å². The van der Waals surface area contributed by atoms with Gasteiger partial charge in [0.25, 0.3) is 0 Å². The summed E-state index contributed by atoms with van der Waals surface area (Å²) in [4.78, 5) is 8.40. The molecule has 0 saturated heterocycles. The van der Waals surface area contributed by atoms with Gasteiger partial charge >= 0.3 is 0 Å². The molecule has 0 fully saturated rings. The Kier molecular flexibility index (Phi) is 6.31. The number of ether oxygens (including phenoxy) is 1. The molecule has 0 bridgehead atoms. The van der Waals surface area contributed by atoms with Crippen LogP contribution in [0.3, 0.4) is 0 Å². The van der Waals surface area contributed by atoms with Gasteiger partial charge in [-0.2, -0.15) is 0 Å². The Balaban J connectivity index is 2.20. The predicted octanol–water partition coefficient (Wildman–Crippen LogP) is 1.32. The first-order valence-corrected chi connectivity index (χ1v) is 6.14. The van der Waals surface area contributed by atoms with Crippen molar-refractivity contribution in [3.63, 3.8) is 0 Å². The summed E-state index contributed by atoms with van der Waals surface area (Å²) in [5.74, 6) is 0. The summed E-state index contributed by atoms with van der Waals surface area (Å²) in [6, 6.07) is 0. The lowest BCUT2D eigenvalue weighted by Crippen LogP contribution is -2.16. The van der Waals surface area contributed by atoms with Gasteiger partial charge in [0.2, 0.25) is 0 Å². The number of rotatable bonds is 7. The van der Waals surface area contributed by atoms with Gasteiger partial charge in [0.15, 0.2) is 5.16 Å². The van der Waals surface area contributed by atoms with Crippen LogP contribution in [0.4, 0.5) is 0 Å². The summed E-state index contributed by atoms with van der Waals surface area (Å²) in [5, 5.41) is 4.12. The molecule has 5 heteroatoms. The molecule has 0 aliphatic rings. The molecule has 1 heterocycles.